The van der Waals surface area contributed by atoms with Gasteiger partial charge in [-0.15, -0.1) is 0 Å². The van der Waals surface area contributed by atoms with Crippen LogP contribution in [0.25, 0.3) is 75.4 Å². The summed E-state index contributed by atoms with van der Waals surface area (Å²) < 4.78 is 3.06. The highest BCUT2D eigenvalue weighted by molar-refractivity contribution is 9.11. The Balaban J connectivity index is 1.50. The number of amides is 4. The first-order valence-corrected chi connectivity index (χ1v) is 17.4. The van der Waals surface area contributed by atoms with Gasteiger partial charge in [-0.3, -0.25) is 29.0 Å². The number of carbonyl (C=O) groups is 4. The molecule has 0 bridgehead atoms. The van der Waals surface area contributed by atoms with Crippen LogP contribution in [0.1, 0.15) is 41.4 Å². The van der Waals surface area contributed by atoms with E-state index in [-0.39, 0.29) is 23.6 Å². The fourth-order valence-electron chi connectivity index (χ4n) is 8.10. The lowest BCUT2D eigenvalue weighted by atomic mass is 9.81. The summed E-state index contributed by atoms with van der Waals surface area (Å²) in [7, 11) is 3.03. The van der Waals surface area contributed by atoms with Crippen molar-refractivity contribution < 1.29 is 19.2 Å². The molecule has 0 radical (unpaired) electrons. The van der Waals surface area contributed by atoms with Gasteiger partial charge >= 0.3 is 0 Å². The number of benzene rings is 8. The van der Waals surface area contributed by atoms with Gasteiger partial charge in [0.2, 0.25) is 0 Å². The summed E-state index contributed by atoms with van der Waals surface area (Å²) in [5.41, 5.74) is 1.95. The second-order valence-electron chi connectivity index (χ2n) is 12.0. The van der Waals surface area contributed by atoms with Crippen molar-refractivity contribution in [2.75, 3.05) is 14.1 Å². The highest BCUT2D eigenvalue weighted by Crippen LogP contribution is 2.54. The third-order valence-corrected chi connectivity index (χ3v) is 12.5. The Morgan fingerprint density at radius 2 is 0.609 bits per heavy atom. The van der Waals surface area contributed by atoms with Gasteiger partial charge in [0.15, 0.2) is 0 Å². The molecule has 4 amide bonds. The van der Waals surface area contributed by atoms with E-state index in [1.54, 1.807) is 0 Å². The molecule has 2 heterocycles. The molecule has 0 spiro atoms. The van der Waals surface area contributed by atoms with Gasteiger partial charge in [-0.2, -0.15) is 0 Å². The van der Waals surface area contributed by atoms with Gasteiger partial charge in [0.25, 0.3) is 23.6 Å². The van der Waals surface area contributed by atoms with Gasteiger partial charge in [0.05, 0.1) is 0 Å². The lowest BCUT2D eigenvalue weighted by Gasteiger charge is -2.28. The Bertz CT molecular complexity index is 2540. The van der Waals surface area contributed by atoms with Crippen molar-refractivity contribution in [3.8, 4) is 0 Å². The van der Waals surface area contributed by atoms with E-state index in [0.717, 1.165) is 82.5 Å². The molecule has 0 aliphatic carbocycles. The zero-order chi connectivity index (χ0) is 31.8. The summed E-state index contributed by atoms with van der Waals surface area (Å²) in [6.45, 7) is 0. The van der Waals surface area contributed by atoms with Crippen molar-refractivity contribution in [3.63, 3.8) is 0 Å². The lowest BCUT2D eigenvalue weighted by Crippen LogP contribution is -2.37. The predicted octanol–water partition coefficient (Wildman–Crippen LogP) is 10.1. The minimum absolute atomic E-state index is 0.330. The average Bonchev–Trinajstić information content (AvgIpc) is 3.04. The van der Waals surface area contributed by atoms with Crippen molar-refractivity contribution in [3.05, 3.63) is 88.7 Å². The molecule has 0 unspecified atom stereocenters. The highest BCUT2D eigenvalue weighted by atomic mass is 79.9. The SMILES string of the molecule is CN1C(=O)c2cc(Br)c3c4ccc5c6c(Br)cc7c8c(cc(Br)c(c9ccc(c%10c(Br)cc(c2c3%10)C1=O)c4c59)c86)C(=O)N(C)C7=O. The summed E-state index contributed by atoms with van der Waals surface area (Å²) in [4.78, 5) is 55.8. The van der Waals surface area contributed by atoms with E-state index < -0.39 is 0 Å². The molecular weight excluding hydrogens is 844 g/mol. The Morgan fingerprint density at radius 1 is 0.370 bits per heavy atom. The first-order chi connectivity index (χ1) is 22.0. The maximum Gasteiger partial charge on any atom is 0.261 e. The van der Waals surface area contributed by atoms with Crippen molar-refractivity contribution in [2.24, 2.45) is 0 Å². The van der Waals surface area contributed by atoms with Crippen LogP contribution in [0.2, 0.25) is 0 Å². The average molecular weight is 858 g/mol. The Labute approximate surface area is 292 Å². The number of imide groups is 2. The summed E-state index contributed by atoms with van der Waals surface area (Å²) in [5.74, 6) is -1.32. The maximum absolute atomic E-state index is 13.4. The molecule has 10 heteroatoms. The molecule has 8 aromatic carbocycles. The third-order valence-electron chi connectivity index (χ3n) is 10.00. The van der Waals surface area contributed by atoms with Crippen LogP contribution in [0.4, 0.5) is 0 Å². The van der Waals surface area contributed by atoms with Crippen LogP contribution in [0, 0.1) is 0 Å². The Kier molecular flexibility index (Phi) is 5.13. The van der Waals surface area contributed by atoms with E-state index in [2.05, 4.69) is 88.0 Å². The fraction of sp³-hybridized carbons (Fsp3) is 0.0556. The standard InChI is InChI=1S/C36H14Br4N2O4/c1-41-33(43)15-7-19(37)27-11-3-5-13-24-14(6-4-12(23(11)24)28-20(38)8-16(34(41)44)25(15)31(27)28)30-22(40)10-18-26-17(35(45)42(2)36(18)46)9-21(39)29(13)32(26)30/h3-10H,1-2H3. The minimum Gasteiger partial charge on any atom is -0.277 e. The molecule has 46 heavy (non-hydrogen) atoms. The van der Waals surface area contributed by atoms with Crippen LogP contribution in [0.3, 0.4) is 0 Å². The van der Waals surface area contributed by atoms with Crippen molar-refractivity contribution in [1.82, 2.24) is 9.80 Å². The molecule has 0 atom stereocenters. The minimum atomic E-state index is -0.330. The number of hydrogen-bond acceptors (Lipinski definition) is 4. The second kappa shape index (κ2) is 8.60. The van der Waals surface area contributed by atoms with E-state index in [1.807, 2.05) is 24.3 Å². The smallest absolute Gasteiger partial charge is 0.261 e. The van der Waals surface area contributed by atoms with Crippen molar-refractivity contribution >= 4 is 163 Å². The molecule has 2 aliphatic rings. The first kappa shape index (κ1) is 27.4. The second-order valence-corrected chi connectivity index (χ2v) is 15.5. The summed E-state index contributed by atoms with van der Waals surface area (Å²) in [6.07, 6.45) is 0. The van der Waals surface area contributed by atoms with Crippen molar-refractivity contribution in [2.45, 2.75) is 0 Å². The van der Waals surface area contributed by atoms with E-state index in [9.17, 15) is 19.2 Å². The topological polar surface area (TPSA) is 74.8 Å². The summed E-state index contributed by atoms with van der Waals surface area (Å²) in [6, 6.07) is 15.7. The molecule has 10 rings (SSSR count). The molecule has 0 N–H and O–H groups in total. The summed E-state index contributed by atoms with van der Waals surface area (Å²) >= 11 is 15.3. The van der Waals surface area contributed by atoms with Gasteiger partial charge in [-0.1, -0.05) is 88.0 Å². The molecule has 0 fully saturated rings. The van der Waals surface area contributed by atoms with Gasteiger partial charge in [0.1, 0.15) is 0 Å². The van der Waals surface area contributed by atoms with E-state index >= 15 is 0 Å². The van der Waals surface area contributed by atoms with E-state index in [0.29, 0.717) is 33.0 Å². The van der Waals surface area contributed by atoms with Gasteiger partial charge in [0, 0.05) is 97.3 Å². The molecule has 8 aromatic rings. The lowest BCUT2D eigenvalue weighted by molar-refractivity contribution is 0.0635. The Morgan fingerprint density at radius 3 is 0.848 bits per heavy atom. The quantitative estimate of drug-likeness (QED) is 0.0865. The molecule has 0 aromatic heterocycles. The number of hydrogen-bond donors (Lipinski definition) is 0. The number of nitrogens with zero attached hydrogens (tertiary/aromatic N) is 2. The van der Waals surface area contributed by atoms with Crippen LogP contribution < -0.4 is 0 Å². The molecular formula is C36H14Br4N2O4. The number of halogens is 4. The first-order valence-electron chi connectivity index (χ1n) is 14.2. The summed E-state index contributed by atoms with van der Waals surface area (Å²) in [5, 5.41) is 12.8. The third kappa shape index (κ3) is 2.91. The fourth-order valence-corrected chi connectivity index (χ4v) is 10.7. The largest absolute Gasteiger partial charge is 0.277 e. The normalized spacial score (nSPS) is 15.3. The van der Waals surface area contributed by atoms with Gasteiger partial charge in [-0.05, 0) is 56.6 Å². The van der Waals surface area contributed by atoms with E-state index in [4.69, 9.17) is 0 Å². The Hall–Kier alpha value is -3.70. The van der Waals surface area contributed by atoms with Crippen LogP contribution in [-0.2, 0) is 0 Å². The van der Waals surface area contributed by atoms with Crippen LogP contribution in [-0.4, -0.2) is 47.5 Å². The molecule has 2 aliphatic heterocycles. The van der Waals surface area contributed by atoms with E-state index in [1.165, 1.54) is 23.9 Å². The molecule has 0 saturated carbocycles. The zero-order valence-electron chi connectivity index (χ0n) is 23.7. The number of carbonyl (C=O) groups excluding carboxylic acids is 4. The molecule has 0 saturated heterocycles. The molecule has 220 valence electrons. The molecule has 6 nitrogen and oxygen atoms in total. The predicted molar refractivity (Wildman–Crippen MR) is 195 cm³/mol. The van der Waals surface area contributed by atoms with Gasteiger partial charge in [-0.25, -0.2) is 0 Å². The number of fused-ring (bicyclic) bond motifs is 4. The van der Waals surface area contributed by atoms with Crippen molar-refractivity contribution in [1.29, 1.82) is 0 Å². The van der Waals surface area contributed by atoms with Gasteiger partial charge < -0.3 is 0 Å². The zero-order valence-corrected chi connectivity index (χ0v) is 30.0. The maximum atomic E-state index is 13.4. The number of rotatable bonds is 0. The van der Waals surface area contributed by atoms with Crippen LogP contribution in [0.5, 0.6) is 0 Å². The highest BCUT2D eigenvalue weighted by Gasteiger charge is 2.36. The van der Waals surface area contributed by atoms with Crippen LogP contribution >= 0.6 is 63.7 Å². The monoisotopic (exact) mass is 854 g/mol. The van der Waals surface area contributed by atoms with Crippen LogP contribution in [0.15, 0.2) is 66.4 Å².